The van der Waals surface area contributed by atoms with Gasteiger partial charge in [0.15, 0.2) is 0 Å². The van der Waals surface area contributed by atoms with Gasteiger partial charge in [0.25, 0.3) is 0 Å². The zero-order valence-corrected chi connectivity index (χ0v) is 12.1. The van der Waals surface area contributed by atoms with E-state index >= 15 is 0 Å². The first-order valence-electron chi connectivity index (χ1n) is 5.90. The minimum atomic E-state index is 0.491. The summed E-state index contributed by atoms with van der Waals surface area (Å²) in [5.41, 5.74) is 2.36. The molecule has 1 aromatic carbocycles. The molecule has 0 aliphatic heterocycles. The molecule has 0 saturated carbocycles. The van der Waals surface area contributed by atoms with Gasteiger partial charge in [-0.3, -0.25) is 0 Å². The van der Waals surface area contributed by atoms with Gasteiger partial charge in [-0.15, -0.1) is 0 Å². The van der Waals surface area contributed by atoms with Crippen LogP contribution in [0.15, 0.2) is 23.8 Å². The molecular formula is C14H19Cl2N. The van der Waals surface area contributed by atoms with Gasteiger partial charge in [0, 0.05) is 22.6 Å². The highest BCUT2D eigenvalue weighted by molar-refractivity contribution is 6.35. The second kappa shape index (κ2) is 7.05. The lowest BCUT2D eigenvalue weighted by atomic mass is 10.1. The molecule has 0 unspecified atom stereocenters. The van der Waals surface area contributed by atoms with E-state index in [1.807, 2.05) is 12.1 Å². The lowest BCUT2D eigenvalue weighted by molar-refractivity contribution is 0.617. The summed E-state index contributed by atoms with van der Waals surface area (Å²) in [4.78, 5) is 0. The molecule has 0 fully saturated rings. The van der Waals surface area contributed by atoms with E-state index in [1.54, 1.807) is 6.07 Å². The van der Waals surface area contributed by atoms with Gasteiger partial charge in [-0.05, 0) is 24.1 Å². The second-order valence-electron chi connectivity index (χ2n) is 4.36. The molecule has 0 heterocycles. The van der Waals surface area contributed by atoms with Crippen molar-refractivity contribution in [1.29, 1.82) is 0 Å². The molecule has 94 valence electrons. The van der Waals surface area contributed by atoms with E-state index in [0.717, 1.165) is 18.5 Å². The smallest absolute Gasteiger partial charge is 0.0493 e. The average Bonchev–Trinajstić information content (AvgIpc) is 2.26. The summed E-state index contributed by atoms with van der Waals surface area (Å²) in [5, 5.41) is 4.78. The van der Waals surface area contributed by atoms with Crippen molar-refractivity contribution in [1.82, 2.24) is 5.32 Å². The molecule has 0 radical (unpaired) electrons. The molecule has 0 amide bonds. The lowest BCUT2D eigenvalue weighted by Crippen LogP contribution is -2.24. The van der Waals surface area contributed by atoms with Gasteiger partial charge >= 0.3 is 0 Å². The maximum atomic E-state index is 6.14. The fourth-order valence-corrected chi connectivity index (χ4v) is 1.91. The van der Waals surface area contributed by atoms with E-state index in [0.29, 0.717) is 16.1 Å². The number of rotatable bonds is 5. The third-order valence-electron chi connectivity index (χ3n) is 2.51. The van der Waals surface area contributed by atoms with E-state index in [9.17, 15) is 0 Å². The van der Waals surface area contributed by atoms with Gasteiger partial charge in [0.2, 0.25) is 0 Å². The number of nitrogens with one attached hydrogen (secondary N) is 1. The molecule has 1 N–H and O–H groups in total. The van der Waals surface area contributed by atoms with Gasteiger partial charge in [0.1, 0.15) is 0 Å². The van der Waals surface area contributed by atoms with Crippen LogP contribution in [0.2, 0.25) is 10.0 Å². The van der Waals surface area contributed by atoms with Crippen LogP contribution < -0.4 is 5.32 Å². The number of halogens is 2. The van der Waals surface area contributed by atoms with Crippen molar-refractivity contribution < 1.29 is 0 Å². The van der Waals surface area contributed by atoms with Crippen molar-refractivity contribution in [3.05, 3.63) is 39.4 Å². The first kappa shape index (κ1) is 14.6. The summed E-state index contributed by atoms with van der Waals surface area (Å²) in [5.74, 6) is 0. The Labute approximate surface area is 114 Å². The summed E-state index contributed by atoms with van der Waals surface area (Å²) >= 11 is 12.0. The van der Waals surface area contributed by atoms with E-state index in [4.69, 9.17) is 23.2 Å². The molecule has 1 nitrogen and oxygen atoms in total. The minimum Gasteiger partial charge on any atom is -0.311 e. The van der Waals surface area contributed by atoms with Crippen LogP contribution in [-0.4, -0.2) is 12.6 Å². The topological polar surface area (TPSA) is 12.0 Å². The summed E-state index contributed by atoms with van der Waals surface area (Å²) in [6.07, 6.45) is 3.15. The summed E-state index contributed by atoms with van der Waals surface area (Å²) in [6.45, 7) is 7.33. The highest BCUT2D eigenvalue weighted by atomic mass is 35.5. The Morgan fingerprint density at radius 3 is 2.59 bits per heavy atom. The van der Waals surface area contributed by atoms with Gasteiger partial charge in [-0.1, -0.05) is 61.7 Å². The largest absolute Gasteiger partial charge is 0.311 e. The SMILES string of the molecule is CCC(=Cc1ccc(Cl)cc1Cl)CNC(C)C. The molecule has 0 bridgehead atoms. The zero-order chi connectivity index (χ0) is 12.8. The standard InChI is InChI=1S/C14H19Cl2N/c1-4-11(9-17-10(2)3)7-12-5-6-13(15)8-14(12)16/h5-8,10,17H,4,9H2,1-3H3. The van der Waals surface area contributed by atoms with Gasteiger partial charge in [-0.25, -0.2) is 0 Å². The summed E-state index contributed by atoms with van der Waals surface area (Å²) in [7, 11) is 0. The highest BCUT2D eigenvalue weighted by Crippen LogP contribution is 2.23. The van der Waals surface area contributed by atoms with Crippen molar-refractivity contribution in [3.8, 4) is 0 Å². The number of hydrogen-bond acceptors (Lipinski definition) is 1. The monoisotopic (exact) mass is 271 g/mol. The van der Waals surface area contributed by atoms with Crippen molar-refractivity contribution in [2.75, 3.05) is 6.54 Å². The van der Waals surface area contributed by atoms with Crippen molar-refractivity contribution >= 4 is 29.3 Å². The quantitative estimate of drug-likeness (QED) is 0.813. The third-order valence-corrected chi connectivity index (χ3v) is 3.08. The summed E-state index contributed by atoms with van der Waals surface area (Å²) < 4.78 is 0. The maximum Gasteiger partial charge on any atom is 0.0493 e. The zero-order valence-electron chi connectivity index (χ0n) is 10.6. The van der Waals surface area contributed by atoms with Crippen LogP contribution in [-0.2, 0) is 0 Å². The number of hydrogen-bond donors (Lipinski definition) is 1. The molecule has 17 heavy (non-hydrogen) atoms. The van der Waals surface area contributed by atoms with Gasteiger partial charge in [0.05, 0.1) is 0 Å². The fraction of sp³-hybridized carbons (Fsp3) is 0.429. The second-order valence-corrected chi connectivity index (χ2v) is 5.20. The van der Waals surface area contributed by atoms with E-state index in [2.05, 4.69) is 32.2 Å². The van der Waals surface area contributed by atoms with E-state index in [-0.39, 0.29) is 0 Å². The maximum absolute atomic E-state index is 6.14. The van der Waals surface area contributed by atoms with Crippen LogP contribution in [0.3, 0.4) is 0 Å². The molecular weight excluding hydrogens is 253 g/mol. The van der Waals surface area contributed by atoms with Crippen molar-refractivity contribution in [2.24, 2.45) is 0 Å². The Morgan fingerprint density at radius 2 is 2.06 bits per heavy atom. The Balaban J connectivity index is 2.82. The van der Waals surface area contributed by atoms with Crippen LogP contribution in [0, 0.1) is 0 Å². The Kier molecular flexibility index (Phi) is 6.04. The van der Waals surface area contributed by atoms with Crippen molar-refractivity contribution in [2.45, 2.75) is 33.2 Å². The molecule has 0 saturated heterocycles. The minimum absolute atomic E-state index is 0.491. The molecule has 0 aromatic heterocycles. The van der Waals surface area contributed by atoms with Gasteiger partial charge in [-0.2, -0.15) is 0 Å². The van der Waals surface area contributed by atoms with Crippen LogP contribution in [0.5, 0.6) is 0 Å². The van der Waals surface area contributed by atoms with E-state index < -0.39 is 0 Å². The predicted octanol–water partition coefficient (Wildman–Crippen LogP) is 4.78. The first-order valence-corrected chi connectivity index (χ1v) is 6.66. The molecule has 0 spiro atoms. The highest BCUT2D eigenvalue weighted by Gasteiger charge is 2.01. The van der Waals surface area contributed by atoms with Crippen LogP contribution >= 0.6 is 23.2 Å². The molecule has 3 heteroatoms. The van der Waals surface area contributed by atoms with Crippen LogP contribution in [0.25, 0.3) is 6.08 Å². The summed E-state index contributed by atoms with van der Waals surface area (Å²) in [6, 6.07) is 6.08. The molecule has 0 aliphatic carbocycles. The lowest BCUT2D eigenvalue weighted by Gasteiger charge is -2.10. The first-order chi connectivity index (χ1) is 8.02. The predicted molar refractivity (Wildman–Crippen MR) is 77.9 cm³/mol. The normalized spacial score (nSPS) is 12.2. The number of benzene rings is 1. The molecule has 1 rings (SSSR count). The van der Waals surface area contributed by atoms with Crippen molar-refractivity contribution in [3.63, 3.8) is 0 Å². The van der Waals surface area contributed by atoms with E-state index in [1.165, 1.54) is 5.57 Å². The Bertz CT molecular complexity index is 397. The molecule has 1 aromatic rings. The molecule has 0 aliphatic rings. The van der Waals surface area contributed by atoms with Gasteiger partial charge < -0.3 is 5.32 Å². The Hall–Kier alpha value is -0.500. The van der Waals surface area contributed by atoms with Crippen LogP contribution in [0.4, 0.5) is 0 Å². The average molecular weight is 272 g/mol. The Morgan fingerprint density at radius 1 is 1.35 bits per heavy atom. The molecule has 0 atom stereocenters. The third kappa shape index (κ3) is 5.12. The van der Waals surface area contributed by atoms with Crippen LogP contribution in [0.1, 0.15) is 32.8 Å². The fourth-order valence-electron chi connectivity index (χ4n) is 1.45.